The lowest BCUT2D eigenvalue weighted by Gasteiger charge is -2.34. The first kappa shape index (κ1) is 20.1. The van der Waals surface area contributed by atoms with E-state index >= 15 is 0 Å². The Morgan fingerprint density at radius 2 is 1.90 bits per heavy atom. The molecular weight excluding hydrogens is 413 g/mol. The molecule has 0 saturated heterocycles. The minimum absolute atomic E-state index is 0.0659. The molecule has 31 heavy (non-hydrogen) atoms. The van der Waals surface area contributed by atoms with Crippen molar-refractivity contribution in [3.63, 3.8) is 0 Å². The van der Waals surface area contributed by atoms with Crippen molar-refractivity contribution in [2.45, 2.75) is 19.1 Å². The van der Waals surface area contributed by atoms with E-state index in [1.807, 2.05) is 6.07 Å². The first-order valence-electron chi connectivity index (χ1n) is 8.91. The number of rotatable bonds is 3. The summed E-state index contributed by atoms with van der Waals surface area (Å²) in [7, 11) is 0. The highest BCUT2D eigenvalue weighted by Gasteiger charge is 2.39. The number of alkyl halides is 3. The van der Waals surface area contributed by atoms with Crippen LogP contribution >= 0.6 is 0 Å². The molecule has 0 amide bonds. The van der Waals surface area contributed by atoms with Crippen LogP contribution in [0.3, 0.4) is 0 Å². The fourth-order valence-corrected chi connectivity index (χ4v) is 3.54. The number of anilines is 2. The fourth-order valence-electron chi connectivity index (χ4n) is 3.54. The predicted molar refractivity (Wildman–Crippen MR) is 101 cm³/mol. The summed E-state index contributed by atoms with van der Waals surface area (Å²) in [6.07, 6.45) is -4.57. The summed E-state index contributed by atoms with van der Waals surface area (Å²) < 4.78 is 40.9. The van der Waals surface area contributed by atoms with Gasteiger partial charge in [-0.3, -0.25) is 4.90 Å². The number of hydrogen-bond donors (Lipinski definition) is 1. The van der Waals surface area contributed by atoms with Gasteiger partial charge in [0.2, 0.25) is 0 Å². The number of nitrogens with zero attached hydrogens (tertiary/aromatic N) is 6. The molecule has 0 saturated carbocycles. The van der Waals surface area contributed by atoms with Gasteiger partial charge in [0, 0.05) is 11.4 Å². The van der Waals surface area contributed by atoms with E-state index in [2.05, 4.69) is 15.5 Å². The molecule has 1 atom stereocenters. The van der Waals surface area contributed by atoms with Crippen molar-refractivity contribution in [2.75, 3.05) is 4.90 Å². The molecule has 1 aromatic heterocycles. The van der Waals surface area contributed by atoms with E-state index in [9.17, 15) is 23.1 Å². The van der Waals surface area contributed by atoms with Crippen LogP contribution in [0.15, 0.2) is 59.8 Å². The number of benzene rings is 2. The number of tetrazole rings is 1. The third-order valence-corrected chi connectivity index (χ3v) is 4.94. The van der Waals surface area contributed by atoms with Gasteiger partial charge >= 0.3 is 12.1 Å². The van der Waals surface area contributed by atoms with Crippen molar-refractivity contribution in [3.05, 3.63) is 76.5 Å². The Bertz CT molecular complexity index is 1240. The maximum absolute atomic E-state index is 13.2. The van der Waals surface area contributed by atoms with Gasteiger partial charge in [0.15, 0.2) is 0 Å². The maximum Gasteiger partial charge on any atom is 0.416 e. The van der Waals surface area contributed by atoms with E-state index in [1.165, 1.54) is 40.8 Å². The highest BCUT2D eigenvalue weighted by Crippen LogP contribution is 2.42. The first-order chi connectivity index (χ1) is 14.7. The van der Waals surface area contributed by atoms with Crippen molar-refractivity contribution < 1.29 is 23.1 Å². The van der Waals surface area contributed by atoms with Crippen LogP contribution in [0.25, 0.3) is 0 Å². The van der Waals surface area contributed by atoms with E-state index in [4.69, 9.17) is 5.26 Å². The number of nitriles is 1. The number of hydrogen-bond acceptors (Lipinski definition) is 6. The summed E-state index contributed by atoms with van der Waals surface area (Å²) in [4.78, 5) is 13.5. The van der Waals surface area contributed by atoms with Crippen molar-refractivity contribution in [1.29, 1.82) is 5.26 Å². The fraction of sp³-hybridized carbons (Fsp3) is 0.150. The minimum Gasteiger partial charge on any atom is -0.478 e. The van der Waals surface area contributed by atoms with E-state index in [0.717, 1.165) is 12.1 Å². The normalized spacial score (nSPS) is 16.1. The second-order valence-corrected chi connectivity index (χ2v) is 6.75. The van der Waals surface area contributed by atoms with E-state index < -0.39 is 23.8 Å². The molecule has 0 bridgehead atoms. The van der Waals surface area contributed by atoms with Gasteiger partial charge in [0.1, 0.15) is 6.04 Å². The third kappa shape index (κ3) is 3.38. The lowest BCUT2D eigenvalue weighted by molar-refractivity contribution is -0.137. The summed E-state index contributed by atoms with van der Waals surface area (Å²) in [6.45, 7) is 1.48. The topological polar surface area (TPSA) is 108 Å². The predicted octanol–water partition coefficient (Wildman–Crippen LogP) is 3.66. The van der Waals surface area contributed by atoms with E-state index in [0.29, 0.717) is 11.1 Å². The number of carboxylic acid groups (broad SMARTS) is 1. The average Bonchev–Trinajstić information content (AvgIpc) is 3.21. The van der Waals surface area contributed by atoms with E-state index in [-0.39, 0.29) is 22.9 Å². The molecule has 156 valence electrons. The number of carboxylic acids is 1. The highest BCUT2D eigenvalue weighted by atomic mass is 19.4. The molecule has 1 aliphatic rings. The van der Waals surface area contributed by atoms with E-state index in [1.54, 1.807) is 12.1 Å². The monoisotopic (exact) mass is 426 g/mol. The standard InChI is InChI=1S/C20H13F3N6O2/c1-11-16(18(30)31)17(13-7-5-12(10-24)6-8-13)29-19(25-26-27-29)28(11)15-4-2-3-14(9-15)20(21,22)23/h2-9,17H,1H3,(H,30,31)/t17-/m1/s1. The maximum atomic E-state index is 13.2. The first-order valence-corrected chi connectivity index (χ1v) is 8.91. The van der Waals surface area contributed by atoms with Gasteiger partial charge in [0.25, 0.3) is 5.95 Å². The van der Waals surface area contributed by atoms with Crippen molar-refractivity contribution in [1.82, 2.24) is 20.2 Å². The van der Waals surface area contributed by atoms with Gasteiger partial charge in [-0.2, -0.15) is 23.1 Å². The molecule has 8 nitrogen and oxygen atoms in total. The van der Waals surface area contributed by atoms with Crippen LogP contribution in [0.2, 0.25) is 0 Å². The minimum atomic E-state index is -4.57. The zero-order valence-electron chi connectivity index (χ0n) is 15.9. The van der Waals surface area contributed by atoms with Crippen LogP contribution < -0.4 is 4.90 Å². The lowest BCUT2D eigenvalue weighted by Crippen LogP contribution is -2.34. The molecule has 3 aromatic rings. The Morgan fingerprint density at radius 1 is 1.19 bits per heavy atom. The molecule has 0 spiro atoms. The Labute approximate surface area is 173 Å². The van der Waals surface area contributed by atoms with Gasteiger partial charge in [-0.05, 0) is 53.2 Å². The molecule has 4 rings (SSSR count). The smallest absolute Gasteiger partial charge is 0.416 e. The second-order valence-electron chi connectivity index (χ2n) is 6.75. The molecule has 1 N–H and O–H groups in total. The molecular formula is C20H13F3N6O2. The van der Waals surface area contributed by atoms with Crippen LogP contribution in [0, 0.1) is 11.3 Å². The van der Waals surface area contributed by atoms with Gasteiger partial charge in [0.05, 0.1) is 22.8 Å². The SMILES string of the molecule is CC1=C(C(=O)O)[C@@H](c2ccc(C#N)cc2)n2nnnc2N1c1cccc(C(F)(F)F)c1. The van der Waals surface area contributed by atoms with Gasteiger partial charge in [-0.15, -0.1) is 0 Å². The van der Waals surface area contributed by atoms with Crippen molar-refractivity contribution in [2.24, 2.45) is 0 Å². The largest absolute Gasteiger partial charge is 0.478 e. The van der Waals surface area contributed by atoms with Crippen LogP contribution in [-0.2, 0) is 11.0 Å². The Morgan fingerprint density at radius 3 is 2.52 bits per heavy atom. The Balaban J connectivity index is 1.92. The number of halogens is 3. The molecule has 0 aliphatic carbocycles. The Kier molecular flexibility index (Phi) is 4.69. The number of carbonyl (C=O) groups is 1. The zero-order valence-corrected chi connectivity index (χ0v) is 15.9. The summed E-state index contributed by atoms with van der Waals surface area (Å²) in [5.41, 5.74) is 0.140. The number of aliphatic carboxylic acids is 1. The summed E-state index contributed by atoms with van der Waals surface area (Å²) >= 11 is 0. The van der Waals surface area contributed by atoms with Gasteiger partial charge in [-0.1, -0.05) is 23.3 Å². The van der Waals surface area contributed by atoms with Crippen molar-refractivity contribution >= 4 is 17.6 Å². The van der Waals surface area contributed by atoms with Gasteiger partial charge < -0.3 is 5.11 Å². The quantitative estimate of drug-likeness (QED) is 0.681. The lowest BCUT2D eigenvalue weighted by atomic mass is 9.94. The second kappa shape index (κ2) is 7.24. The summed E-state index contributed by atoms with van der Waals surface area (Å²) in [5.74, 6) is -1.21. The molecule has 2 aromatic carbocycles. The van der Waals surface area contributed by atoms with Crippen molar-refractivity contribution in [3.8, 4) is 6.07 Å². The number of fused-ring (bicyclic) bond motifs is 1. The molecule has 0 unspecified atom stereocenters. The molecule has 0 radical (unpaired) electrons. The number of aromatic nitrogens is 4. The van der Waals surface area contributed by atoms with Crippen LogP contribution in [0.5, 0.6) is 0 Å². The molecule has 0 fully saturated rings. The molecule has 2 heterocycles. The summed E-state index contributed by atoms with van der Waals surface area (Å²) in [5, 5.41) is 30.4. The molecule has 11 heteroatoms. The average molecular weight is 426 g/mol. The highest BCUT2D eigenvalue weighted by molar-refractivity contribution is 5.92. The molecule has 1 aliphatic heterocycles. The van der Waals surface area contributed by atoms with Gasteiger partial charge in [-0.25, -0.2) is 4.79 Å². The third-order valence-electron chi connectivity index (χ3n) is 4.94. The zero-order chi connectivity index (χ0) is 22.3. The Hall–Kier alpha value is -4.20. The number of allylic oxidation sites excluding steroid dienone is 1. The van der Waals surface area contributed by atoms with Crippen LogP contribution in [0.1, 0.15) is 29.7 Å². The van der Waals surface area contributed by atoms with Crippen LogP contribution in [-0.4, -0.2) is 31.3 Å². The summed E-state index contributed by atoms with van der Waals surface area (Å²) in [6, 6.07) is 11.8. The van der Waals surface area contributed by atoms with Crippen LogP contribution in [0.4, 0.5) is 24.8 Å².